The van der Waals surface area contributed by atoms with E-state index >= 15 is 0 Å². The Balaban J connectivity index is 1.95. The van der Waals surface area contributed by atoms with Gasteiger partial charge in [0.2, 0.25) is 11.8 Å². The average molecular weight is 450 g/mol. The Hall–Kier alpha value is -3.95. The average Bonchev–Trinajstić information content (AvgIpc) is 3.32. The quantitative estimate of drug-likeness (QED) is 0.331. The molecule has 0 aliphatic carbocycles. The van der Waals surface area contributed by atoms with E-state index in [0.29, 0.717) is 17.8 Å². The van der Waals surface area contributed by atoms with Crippen LogP contribution >= 0.6 is 0 Å². The maximum Gasteiger partial charge on any atom is 0.332 e. The van der Waals surface area contributed by atoms with Crippen molar-refractivity contribution in [3.8, 4) is 0 Å². The van der Waals surface area contributed by atoms with Crippen molar-refractivity contribution in [3.05, 3.63) is 76.3 Å². The summed E-state index contributed by atoms with van der Waals surface area (Å²) in [7, 11) is 4.40. The van der Waals surface area contributed by atoms with Crippen LogP contribution in [0.4, 0.5) is 4.79 Å². The fourth-order valence-corrected chi connectivity index (χ4v) is 4.37. The molecule has 0 spiro atoms. The lowest BCUT2D eigenvalue weighted by Crippen LogP contribution is -2.59. The molecule has 2 aromatic heterocycles. The Labute approximate surface area is 191 Å². The van der Waals surface area contributed by atoms with Crippen LogP contribution in [0.2, 0.25) is 0 Å². The van der Waals surface area contributed by atoms with Crippen molar-refractivity contribution in [3.63, 3.8) is 0 Å². The lowest BCUT2D eigenvalue weighted by molar-refractivity contribution is -0.621. The lowest BCUT2D eigenvalue weighted by Gasteiger charge is -2.35. The molecule has 4 amide bonds. The molecule has 1 fully saturated rings. The molecule has 172 valence electrons. The van der Waals surface area contributed by atoms with Crippen molar-refractivity contribution in [2.45, 2.75) is 26.3 Å². The summed E-state index contributed by atoms with van der Waals surface area (Å²) in [6.07, 6.45) is 3.23. The highest BCUT2D eigenvalue weighted by molar-refractivity contribution is 6.16. The summed E-state index contributed by atoms with van der Waals surface area (Å²) in [5.74, 6) is -3.28. The molecule has 1 aliphatic heterocycles. The number of amides is 4. The minimum Gasteiger partial charge on any atom is -0.711 e. The minimum absolute atomic E-state index is 0.254. The fourth-order valence-electron chi connectivity index (χ4n) is 4.37. The van der Waals surface area contributed by atoms with E-state index in [4.69, 9.17) is 0 Å². The number of hydrogen-bond acceptors (Lipinski definition) is 5. The summed E-state index contributed by atoms with van der Waals surface area (Å²) < 4.78 is 4.18. The SMILES string of the molecule is Cc1c(C)[n+]([O-])c([C@@H](c2cnn(C)c2)C2C(=O)N(C)C(=O)N(C)C2=O)n1Cc1ccccc1. The summed E-state index contributed by atoms with van der Waals surface area (Å²) in [5, 5.41) is 17.7. The zero-order valence-electron chi connectivity index (χ0n) is 19.2. The highest BCUT2D eigenvalue weighted by Gasteiger charge is 2.51. The van der Waals surface area contributed by atoms with Gasteiger partial charge in [0, 0.05) is 46.8 Å². The number of benzene rings is 1. The molecule has 3 aromatic rings. The zero-order chi connectivity index (χ0) is 24.0. The summed E-state index contributed by atoms with van der Waals surface area (Å²) >= 11 is 0. The van der Waals surface area contributed by atoms with Crippen LogP contribution in [-0.2, 0) is 23.2 Å². The van der Waals surface area contributed by atoms with Gasteiger partial charge in [-0.15, -0.1) is 0 Å². The number of aromatic nitrogens is 4. The van der Waals surface area contributed by atoms with E-state index in [1.54, 1.807) is 31.0 Å². The van der Waals surface area contributed by atoms with Crippen molar-refractivity contribution in [1.82, 2.24) is 24.1 Å². The summed E-state index contributed by atoms with van der Waals surface area (Å²) in [6.45, 7) is 3.93. The second-order valence-corrected chi connectivity index (χ2v) is 8.37. The van der Waals surface area contributed by atoms with Crippen molar-refractivity contribution < 1.29 is 19.1 Å². The van der Waals surface area contributed by atoms with Crippen molar-refractivity contribution in [1.29, 1.82) is 0 Å². The third kappa shape index (κ3) is 3.57. The molecule has 1 saturated heterocycles. The van der Waals surface area contributed by atoms with E-state index in [9.17, 15) is 19.6 Å². The number of carbonyl (C=O) groups is 3. The van der Waals surface area contributed by atoms with Crippen LogP contribution in [-0.4, -0.2) is 56.1 Å². The van der Waals surface area contributed by atoms with Gasteiger partial charge in [-0.05, 0) is 5.56 Å². The number of imide groups is 2. The van der Waals surface area contributed by atoms with E-state index in [2.05, 4.69) is 5.10 Å². The van der Waals surface area contributed by atoms with E-state index in [0.717, 1.165) is 25.8 Å². The summed E-state index contributed by atoms with van der Waals surface area (Å²) in [4.78, 5) is 40.7. The molecule has 0 N–H and O–H groups in total. The number of rotatable bonds is 5. The fraction of sp³-hybridized carbons (Fsp3) is 0.348. The summed E-state index contributed by atoms with van der Waals surface area (Å²) in [6, 6.07) is 8.93. The Morgan fingerprint density at radius 1 is 1.03 bits per heavy atom. The van der Waals surface area contributed by atoms with Gasteiger partial charge in [0.15, 0.2) is 0 Å². The van der Waals surface area contributed by atoms with Crippen LogP contribution in [0, 0.1) is 25.0 Å². The molecule has 0 unspecified atom stereocenters. The number of carbonyl (C=O) groups excluding carboxylic acids is 3. The van der Waals surface area contributed by atoms with E-state index in [-0.39, 0.29) is 5.82 Å². The van der Waals surface area contributed by atoms with Gasteiger partial charge in [-0.1, -0.05) is 30.3 Å². The number of aryl methyl sites for hydroxylation is 1. The van der Waals surface area contributed by atoms with Gasteiger partial charge in [0.05, 0.1) is 6.20 Å². The third-order valence-corrected chi connectivity index (χ3v) is 6.36. The van der Waals surface area contributed by atoms with E-state index in [1.807, 2.05) is 41.8 Å². The number of hydrogen-bond donors (Lipinski definition) is 0. The lowest BCUT2D eigenvalue weighted by atomic mass is 9.83. The molecule has 33 heavy (non-hydrogen) atoms. The largest absolute Gasteiger partial charge is 0.711 e. The van der Waals surface area contributed by atoms with Gasteiger partial charge in [-0.25, -0.2) is 14.1 Å². The first-order valence-electron chi connectivity index (χ1n) is 10.5. The zero-order valence-corrected chi connectivity index (χ0v) is 19.2. The van der Waals surface area contributed by atoms with Crippen LogP contribution in [0.5, 0.6) is 0 Å². The van der Waals surface area contributed by atoms with Crippen LogP contribution in [0.15, 0.2) is 42.7 Å². The second-order valence-electron chi connectivity index (χ2n) is 8.37. The monoisotopic (exact) mass is 450 g/mol. The van der Waals surface area contributed by atoms with Gasteiger partial charge in [0.25, 0.3) is 5.82 Å². The van der Waals surface area contributed by atoms with Crippen LogP contribution in [0.3, 0.4) is 0 Å². The Morgan fingerprint density at radius 2 is 1.64 bits per heavy atom. The number of barbiturate groups is 1. The molecular weight excluding hydrogens is 424 g/mol. The molecule has 1 aliphatic rings. The summed E-state index contributed by atoms with van der Waals surface area (Å²) in [5.41, 5.74) is 2.71. The Bertz CT molecular complexity index is 1220. The number of imidazole rings is 1. The smallest absolute Gasteiger partial charge is 0.332 e. The molecule has 1 atom stereocenters. The predicted octanol–water partition coefficient (Wildman–Crippen LogP) is 1.32. The van der Waals surface area contributed by atoms with E-state index < -0.39 is 29.7 Å². The molecule has 0 radical (unpaired) electrons. The Kier molecular flexibility index (Phi) is 5.52. The van der Waals surface area contributed by atoms with Crippen molar-refractivity contribution in [2.24, 2.45) is 13.0 Å². The van der Waals surface area contributed by atoms with E-state index in [1.165, 1.54) is 14.1 Å². The molecule has 10 heteroatoms. The number of urea groups is 1. The van der Waals surface area contributed by atoms with Crippen molar-refractivity contribution >= 4 is 17.8 Å². The topological polar surface area (TPSA) is 107 Å². The Morgan fingerprint density at radius 3 is 2.18 bits per heavy atom. The van der Waals surface area contributed by atoms with Crippen LogP contribution in [0.1, 0.15) is 34.3 Å². The van der Waals surface area contributed by atoms with Gasteiger partial charge in [0.1, 0.15) is 29.8 Å². The molecule has 10 nitrogen and oxygen atoms in total. The standard InChI is InChI=1S/C23H26N6O4/c1-14-15(2)29(33)20(28(14)12-16-9-7-6-8-10-16)18(17-11-24-25(3)13-17)19-21(30)26(4)23(32)27(5)22(19)31/h6-11,13,18-19H,12H2,1-5H3/t18-/m0/s1. The minimum atomic E-state index is -1.29. The van der Waals surface area contributed by atoms with Gasteiger partial charge < -0.3 is 5.21 Å². The maximum atomic E-state index is 13.5. The molecule has 3 heterocycles. The van der Waals surface area contributed by atoms with Gasteiger partial charge in [-0.3, -0.25) is 24.1 Å². The maximum absolute atomic E-state index is 13.5. The highest BCUT2D eigenvalue weighted by atomic mass is 16.5. The highest BCUT2D eigenvalue weighted by Crippen LogP contribution is 2.36. The number of nitrogens with zero attached hydrogens (tertiary/aromatic N) is 6. The predicted molar refractivity (Wildman–Crippen MR) is 118 cm³/mol. The third-order valence-electron chi connectivity index (χ3n) is 6.36. The van der Waals surface area contributed by atoms with Crippen LogP contribution in [0.25, 0.3) is 0 Å². The molecule has 0 saturated carbocycles. The first-order valence-corrected chi connectivity index (χ1v) is 10.5. The molecule has 1 aromatic carbocycles. The molecule has 4 rings (SSSR count). The normalized spacial score (nSPS) is 16.1. The molecule has 0 bridgehead atoms. The van der Waals surface area contributed by atoms with Gasteiger partial charge in [-0.2, -0.15) is 5.10 Å². The second kappa shape index (κ2) is 8.19. The van der Waals surface area contributed by atoms with Crippen molar-refractivity contribution in [2.75, 3.05) is 14.1 Å². The first-order chi connectivity index (χ1) is 15.6. The van der Waals surface area contributed by atoms with Crippen LogP contribution < -0.4 is 4.73 Å². The first kappa shape index (κ1) is 22.3. The van der Waals surface area contributed by atoms with Gasteiger partial charge >= 0.3 is 6.03 Å². The molecular formula is C23H26N6O4.